The maximum absolute atomic E-state index is 12.3. The minimum atomic E-state index is -0.670. The predicted molar refractivity (Wildman–Crippen MR) is 147 cm³/mol. The van der Waals surface area contributed by atoms with E-state index in [1.165, 1.54) is 21.9 Å². The highest BCUT2D eigenvalue weighted by Crippen LogP contribution is 2.25. The quantitative estimate of drug-likeness (QED) is 0.123. The molecule has 0 aliphatic heterocycles. The average Bonchev–Trinajstić information content (AvgIpc) is 2.86. The maximum Gasteiger partial charge on any atom is 0.280 e. The summed E-state index contributed by atoms with van der Waals surface area (Å²) >= 11 is 5.81. The molecule has 1 aromatic heterocycles. The number of guanidine groups is 1. The van der Waals surface area contributed by atoms with E-state index in [0.29, 0.717) is 13.0 Å². The largest absolute Gasteiger partial charge is 0.382 e. The number of amides is 2. The SMILES string of the molecule is CNC(CCc1ccc(CCCCN=C(N)NC(=O)c2nc(Cl)c(N)nc2N)c2ccccc12)C(N)=O. The molecule has 0 radical (unpaired) electrons. The average molecular weight is 526 g/mol. The molecule has 0 aliphatic carbocycles. The van der Waals surface area contributed by atoms with Gasteiger partial charge < -0.3 is 28.3 Å². The summed E-state index contributed by atoms with van der Waals surface area (Å²) < 4.78 is 0. The van der Waals surface area contributed by atoms with Gasteiger partial charge in [0, 0.05) is 6.54 Å². The van der Waals surface area contributed by atoms with Gasteiger partial charge in [0.25, 0.3) is 5.91 Å². The molecule has 10 N–H and O–H groups in total. The van der Waals surface area contributed by atoms with Crippen molar-refractivity contribution in [2.24, 2.45) is 16.5 Å². The summed E-state index contributed by atoms with van der Waals surface area (Å²) in [5, 5.41) is 7.64. The van der Waals surface area contributed by atoms with Crippen molar-refractivity contribution >= 4 is 51.8 Å². The molecule has 196 valence electrons. The number of nitrogen functional groups attached to an aromatic ring is 2. The van der Waals surface area contributed by atoms with Crippen LogP contribution in [0.3, 0.4) is 0 Å². The summed E-state index contributed by atoms with van der Waals surface area (Å²) in [5.74, 6) is -1.29. The molecular weight excluding hydrogens is 494 g/mol. The van der Waals surface area contributed by atoms with Gasteiger partial charge in [0.05, 0.1) is 6.04 Å². The van der Waals surface area contributed by atoms with E-state index in [1.54, 1.807) is 7.05 Å². The zero-order valence-electron chi connectivity index (χ0n) is 20.6. The number of rotatable bonds is 11. The van der Waals surface area contributed by atoms with E-state index < -0.39 is 5.91 Å². The second-order valence-corrected chi connectivity index (χ2v) is 8.88. The summed E-state index contributed by atoms with van der Waals surface area (Å²) in [6.45, 7) is 0.435. The lowest BCUT2D eigenvalue weighted by atomic mass is 9.93. The first-order valence-electron chi connectivity index (χ1n) is 11.9. The van der Waals surface area contributed by atoms with E-state index >= 15 is 0 Å². The fraction of sp³-hybridized carbons (Fsp3) is 0.320. The Labute approximate surface area is 220 Å². The van der Waals surface area contributed by atoms with Crippen molar-refractivity contribution in [3.8, 4) is 0 Å². The van der Waals surface area contributed by atoms with Gasteiger partial charge in [-0.1, -0.05) is 48.0 Å². The van der Waals surface area contributed by atoms with E-state index in [2.05, 4.69) is 49.9 Å². The molecule has 2 aromatic carbocycles. The topological polar surface area (TPSA) is 200 Å². The summed E-state index contributed by atoms with van der Waals surface area (Å²) in [6, 6.07) is 12.2. The van der Waals surface area contributed by atoms with Crippen LogP contribution in [0.25, 0.3) is 10.8 Å². The second kappa shape index (κ2) is 12.8. The maximum atomic E-state index is 12.3. The first-order valence-corrected chi connectivity index (χ1v) is 12.2. The summed E-state index contributed by atoms with van der Waals surface area (Å²) in [5.41, 5.74) is 24.7. The molecular formula is C25H32ClN9O2. The van der Waals surface area contributed by atoms with Gasteiger partial charge in [-0.05, 0) is 61.1 Å². The van der Waals surface area contributed by atoms with Crippen LogP contribution in [0.2, 0.25) is 5.15 Å². The number of nitrogens with one attached hydrogen (secondary N) is 2. The monoisotopic (exact) mass is 525 g/mol. The first-order chi connectivity index (χ1) is 17.7. The molecule has 0 saturated carbocycles. The Morgan fingerprint density at radius 3 is 2.24 bits per heavy atom. The van der Waals surface area contributed by atoms with E-state index in [1.807, 2.05) is 12.1 Å². The standard InChI is InChI=1S/C25H32ClN9O2/c1-31-18(23(29)36)12-11-15-10-9-14(16-7-2-3-8-17(15)16)6-4-5-13-32-25(30)35-24(37)19-21(27)34-22(28)20(26)33-19/h2-3,7-10,18,31H,4-6,11-13H2,1H3,(H2,29,36)(H4,27,28,34)(H3,30,32,35,37). The number of hydrogen-bond acceptors (Lipinski definition) is 8. The van der Waals surface area contributed by atoms with Crippen LogP contribution in [0, 0.1) is 0 Å². The normalized spacial score (nSPS) is 12.4. The van der Waals surface area contributed by atoms with Gasteiger partial charge in [-0.25, -0.2) is 9.97 Å². The highest BCUT2D eigenvalue weighted by Gasteiger charge is 2.17. The van der Waals surface area contributed by atoms with Crippen LogP contribution in [0.5, 0.6) is 0 Å². The Bertz CT molecular complexity index is 1310. The third kappa shape index (κ3) is 7.28. The van der Waals surface area contributed by atoms with Crippen molar-refractivity contribution in [1.82, 2.24) is 20.6 Å². The molecule has 1 atom stereocenters. The summed E-state index contributed by atoms with van der Waals surface area (Å²) in [7, 11) is 1.74. The number of aryl methyl sites for hydroxylation is 2. The van der Waals surface area contributed by atoms with Gasteiger partial charge >= 0.3 is 0 Å². The number of nitrogens with two attached hydrogens (primary N) is 4. The highest BCUT2D eigenvalue weighted by atomic mass is 35.5. The lowest BCUT2D eigenvalue weighted by Gasteiger charge is -2.15. The van der Waals surface area contributed by atoms with Gasteiger partial charge in [0.1, 0.15) is 0 Å². The fourth-order valence-corrected chi connectivity index (χ4v) is 4.17. The number of aliphatic imine (C=N–C) groups is 1. The second-order valence-electron chi connectivity index (χ2n) is 8.52. The van der Waals surface area contributed by atoms with Gasteiger partial charge in [0.15, 0.2) is 28.4 Å². The number of hydrogen-bond donors (Lipinski definition) is 6. The molecule has 0 aliphatic rings. The minimum absolute atomic E-state index is 0.0511. The molecule has 11 nitrogen and oxygen atoms in total. The molecule has 3 rings (SSSR count). The number of carbonyl (C=O) groups excluding carboxylic acids is 2. The Morgan fingerprint density at radius 1 is 0.973 bits per heavy atom. The molecule has 0 fully saturated rings. The third-order valence-electron chi connectivity index (χ3n) is 6.00. The Kier molecular flexibility index (Phi) is 9.58. The number of primary amides is 1. The molecule has 0 saturated heterocycles. The van der Waals surface area contributed by atoms with Crippen LogP contribution in [0.1, 0.15) is 40.9 Å². The van der Waals surface area contributed by atoms with Crippen LogP contribution < -0.4 is 33.6 Å². The number of halogens is 1. The summed E-state index contributed by atoms with van der Waals surface area (Å²) in [4.78, 5) is 35.7. The minimum Gasteiger partial charge on any atom is -0.382 e. The van der Waals surface area contributed by atoms with Crippen molar-refractivity contribution in [3.63, 3.8) is 0 Å². The van der Waals surface area contributed by atoms with E-state index in [0.717, 1.165) is 25.7 Å². The van der Waals surface area contributed by atoms with Crippen LogP contribution in [-0.2, 0) is 17.6 Å². The predicted octanol–water partition coefficient (Wildman–Crippen LogP) is 1.52. The number of carbonyl (C=O) groups is 2. The van der Waals surface area contributed by atoms with Crippen molar-refractivity contribution in [3.05, 3.63) is 58.4 Å². The Morgan fingerprint density at radius 2 is 1.62 bits per heavy atom. The molecule has 12 heteroatoms. The zero-order chi connectivity index (χ0) is 26.9. The first kappa shape index (κ1) is 27.6. The van der Waals surface area contributed by atoms with Crippen LogP contribution in [0.15, 0.2) is 41.4 Å². The van der Waals surface area contributed by atoms with Gasteiger partial charge in [-0.3, -0.25) is 19.9 Å². The Hall–Kier alpha value is -3.96. The molecule has 1 unspecified atom stereocenters. The Balaban J connectivity index is 1.55. The number of likely N-dealkylation sites (N-methyl/N-ethyl adjacent to an activating group) is 1. The van der Waals surface area contributed by atoms with E-state index in [-0.39, 0.29) is 40.4 Å². The van der Waals surface area contributed by atoms with E-state index in [9.17, 15) is 9.59 Å². The molecule has 0 spiro atoms. The molecule has 37 heavy (non-hydrogen) atoms. The van der Waals surface area contributed by atoms with Gasteiger partial charge in [-0.2, -0.15) is 0 Å². The third-order valence-corrected chi connectivity index (χ3v) is 6.27. The fourth-order valence-electron chi connectivity index (χ4n) is 4.04. The van der Waals surface area contributed by atoms with E-state index in [4.69, 9.17) is 34.5 Å². The lowest BCUT2D eigenvalue weighted by molar-refractivity contribution is -0.120. The number of anilines is 2. The van der Waals surface area contributed by atoms with Crippen LogP contribution >= 0.6 is 11.6 Å². The number of fused-ring (bicyclic) bond motifs is 1. The van der Waals surface area contributed by atoms with Gasteiger partial charge in [0.2, 0.25) is 5.91 Å². The number of nitrogens with zero attached hydrogens (tertiary/aromatic N) is 3. The summed E-state index contributed by atoms with van der Waals surface area (Å²) in [6.07, 6.45) is 3.89. The molecule has 3 aromatic rings. The smallest absolute Gasteiger partial charge is 0.280 e. The van der Waals surface area contributed by atoms with Gasteiger partial charge in [-0.15, -0.1) is 0 Å². The zero-order valence-corrected chi connectivity index (χ0v) is 21.4. The van der Waals surface area contributed by atoms with Crippen LogP contribution in [-0.4, -0.2) is 47.4 Å². The van der Waals surface area contributed by atoms with Crippen molar-refractivity contribution in [2.75, 3.05) is 25.1 Å². The molecule has 0 bridgehead atoms. The van der Waals surface area contributed by atoms with Crippen LogP contribution in [0.4, 0.5) is 11.6 Å². The van der Waals surface area contributed by atoms with Crippen molar-refractivity contribution in [2.45, 2.75) is 38.1 Å². The number of benzene rings is 2. The molecule has 1 heterocycles. The molecule has 2 amide bonds. The lowest BCUT2D eigenvalue weighted by Crippen LogP contribution is -2.39. The number of aromatic nitrogens is 2. The van der Waals surface area contributed by atoms with Crippen molar-refractivity contribution < 1.29 is 9.59 Å². The highest BCUT2D eigenvalue weighted by molar-refractivity contribution is 6.31. The number of unbranched alkanes of at least 4 members (excludes halogenated alkanes) is 1. The van der Waals surface area contributed by atoms with Crippen molar-refractivity contribution in [1.29, 1.82) is 0 Å².